The molecule has 0 aliphatic heterocycles. The van der Waals surface area contributed by atoms with Crippen LogP contribution in [0.1, 0.15) is 6.92 Å². The number of nitrogens with one attached hydrogen (secondary N) is 1. The molecule has 2 rings (SSSR count). The zero-order valence-corrected chi connectivity index (χ0v) is 12.1. The summed E-state index contributed by atoms with van der Waals surface area (Å²) >= 11 is 4.08. The van der Waals surface area contributed by atoms with E-state index in [1.54, 1.807) is 34.4 Å². The summed E-state index contributed by atoms with van der Waals surface area (Å²) in [6.45, 7) is 3.02. The molecule has 0 unspecified atom stereocenters. The smallest absolute Gasteiger partial charge is 0.321 e. The van der Waals surface area contributed by atoms with E-state index in [0.717, 1.165) is 11.4 Å². The highest BCUT2D eigenvalue weighted by molar-refractivity contribution is 7.80. The van der Waals surface area contributed by atoms with Crippen LogP contribution < -0.4 is 10.2 Å². The van der Waals surface area contributed by atoms with Gasteiger partial charge in [-0.2, -0.15) is 17.7 Å². The predicted octanol–water partition coefficient (Wildman–Crippen LogP) is 1.73. The summed E-state index contributed by atoms with van der Waals surface area (Å²) in [5, 5.41) is 7.05. The summed E-state index contributed by atoms with van der Waals surface area (Å²) in [5.41, 5.74) is 1.60. The second kappa shape index (κ2) is 6.95. The van der Waals surface area contributed by atoms with Crippen molar-refractivity contribution >= 4 is 24.3 Å². The number of amides is 2. The predicted molar refractivity (Wildman–Crippen MR) is 81.6 cm³/mol. The Balaban J connectivity index is 2.16. The molecule has 0 spiro atoms. The Bertz CT molecular complexity index is 557. The molecule has 7 heteroatoms. The lowest BCUT2D eigenvalue weighted by atomic mass is 10.4. The van der Waals surface area contributed by atoms with Crippen molar-refractivity contribution < 1.29 is 4.79 Å². The third-order valence-electron chi connectivity index (χ3n) is 2.74. The van der Waals surface area contributed by atoms with Gasteiger partial charge in [-0.25, -0.2) is 9.48 Å². The molecule has 106 valence electrons. The Hall–Kier alpha value is -2.02. The van der Waals surface area contributed by atoms with Crippen LogP contribution in [0.3, 0.4) is 0 Å². The SMILES string of the molecule is CCN(C(=O)NCCS)c1cnn(-c2cccnc2)c1. The van der Waals surface area contributed by atoms with Crippen LogP contribution in [0.5, 0.6) is 0 Å². The van der Waals surface area contributed by atoms with E-state index in [1.807, 2.05) is 19.1 Å². The van der Waals surface area contributed by atoms with Gasteiger partial charge in [0.05, 0.1) is 30.0 Å². The Labute approximate surface area is 123 Å². The zero-order chi connectivity index (χ0) is 14.4. The second-order valence-corrected chi connectivity index (χ2v) is 4.50. The molecule has 2 amide bonds. The molecule has 0 radical (unpaired) electrons. The number of aromatic nitrogens is 3. The molecule has 20 heavy (non-hydrogen) atoms. The highest BCUT2D eigenvalue weighted by atomic mass is 32.1. The first-order valence-electron chi connectivity index (χ1n) is 6.37. The molecule has 0 saturated carbocycles. The monoisotopic (exact) mass is 291 g/mol. The number of carbonyl (C=O) groups is 1. The fourth-order valence-corrected chi connectivity index (χ4v) is 1.90. The third-order valence-corrected chi connectivity index (χ3v) is 2.96. The van der Waals surface area contributed by atoms with E-state index in [4.69, 9.17) is 0 Å². The minimum absolute atomic E-state index is 0.146. The van der Waals surface area contributed by atoms with E-state index in [2.05, 4.69) is 28.0 Å². The van der Waals surface area contributed by atoms with E-state index in [-0.39, 0.29) is 6.03 Å². The fraction of sp³-hybridized carbons (Fsp3) is 0.308. The standard InChI is InChI=1S/C13H17N5OS/c1-2-17(13(19)15-6-7-20)12-9-16-18(10-12)11-4-3-5-14-8-11/h3-5,8-10,20H,2,6-7H2,1H3,(H,15,19). The van der Waals surface area contributed by atoms with Gasteiger partial charge in [0.15, 0.2) is 0 Å². The molecule has 2 aromatic rings. The number of urea groups is 1. The third kappa shape index (κ3) is 3.30. The van der Waals surface area contributed by atoms with Crippen LogP contribution in [-0.2, 0) is 0 Å². The number of nitrogens with zero attached hydrogens (tertiary/aromatic N) is 4. The molecule has 2 aromatic heterocycles. The van der Waals surface area contributed by atoms with Gasteiger partial charge in [0, 0.05) is 25.0 Å². The summed E-state index contributed by atoms with van der Waals surface area (Å²) < 4.78 is 1.69. The Kier molecular flexibility index (Phi) is 5.00. The van der Waals surface area contributed by atoms with Crippen LogP contribution in [0.4, 0.5) is 10.5 Å². The van der Waals surface area contributed by atoms with Crippen LogP contribution in [0.2, 0.25) is 0 Å². The highest BCUT2D eigenvalue weighted by Gasteiger charge is 2.15. The minimum atomic E-state index is -0.146. The van der Waals surface area contributed by atoms with E-state index in [9.17, 15) is 4.79 Å². The Morgan fingerprint density at radius 1 is 1.50 bits per heavy atom. The van der Waals surface area contributed by atoms with Gasteiger partial charge in [0.25, 0.3) is 0 Å². The fourth-order valence-electron chi connectivity index (χ4n) is 1.78. The number of rotatable bonds is 5. The molecular weight excluding hydrogens is 274 g/mol. The molecule has 1 N–H and O–H groups in total. The summed E-state index contributed by atoms with van der Waals surface area (Å²) in [6.07, 6.45) is 6.89. The van der Waals surface area contributed by atoms with Crippen molar-refractivity contribution in [1.82, 2.24) is 20.1 Å². The maximum Gasteiger partial charge on any atom is 0.321 e. The first-order valence-corrected chi connectivity index (χ1v) is 7.00. The minimum Gasteiger partial charge on any atom is -0.337 e. The van der Waals surface area contributed by atoms with Gasteiger partial charge in [-0.3, -0.25) is 9.88 Å². The van der Waals surface area contributed by atoms with E-state index >= 15 is 0 Å². The number of hydrogen-bond donors (Lipinski definition) is 2. The van der Waals surface area contributed by atoms with Crippen molar-refractivity contribution in [2.45, 2.75) is 6.92 Å². The number of thiol groups is 1. The molecular formula is C13H17N5OS. The van der Waals surface area contributed by atoms with Gasteiger partial charge in [-0.1, -0.05) is 0 Å². The van der Waals surface area contributed by atoms with Gasteiger partial charge in [-0.05, 0) is 19.1 Å². The second-order valence-electron chi connectivity index (χ2n) is 4.05. The average molecular weight is 291 g/mol. The van der Waals surface area contributed by atoms with Gasteiger partial charge < -0.3 is 5.32 Å². The maximum absolute atomic E-state index is 12.0. The quantitative estimate of drug-likeness (QED) is 0.825. The molecule has 0 aliphatic rings. The van der Waals surface area contributed by atoms with Gasteiger partial charge >= 0.3 is 6.03 Å². The molecule has 0 bridgehead atoms. The average Bonchev–Trinajstić information content (AvgIpc) is 2.96. The van der Waals surface area contributed by atoms with E-state index < -0.39 is 0 Å². The lowest BCUT2D eigenvalue weighted by molar-refractivity contribution is 0.247. The number of anilines is 1. The molecule has 0 atom stereocenters. The van der Waals surface area contributed by atoms with Crippen molar-refractivity contribution in [1.29, 1.82) is 0 Å². The number of carbonyl (C=O) groups excluding carboxylic acids is 1. The van der Waals surface area contributed by atoms with Crippen molar-refractivity contribution in [3.8, 4) is 5.69 Å². The maximum atomic E-state index is 12.0. The number of pyridine rings is 1. The first-order chi connectivity index (χ1) is 9.76. The van der Waals surface area contributed by atoms with Crippen molar-refractivity contribution in [2.24, 2.45) is 0 Å². The van der Waals surface area contributed by atoms with E-state index in [1.165, 1.54) is 0 Å². The number of hydrogen-bond acceptors (Lipinski definition) is 4. The Morgan fingerprint density at radius 3 is 3.00 bits per heavy atom. The molecule has 0 saturated heterocycles. The summed E-state index contributed by atoms with van der Waals surface area (Å²) in [5.74, 6) is 0.609. The lowest BCUT2D eigenvalue weighted by Gasteiger charge is -2.19. The van der Waals surface area contributed by atoms with Gasteiger partial charge in [0.2, 0.25) is 0 Å². The first kappa shape index (κ1) is 14.4. The van der Waals surface area contributed by atoms with Crippen LogP contribution in [-0.4, -0.2) is 39.6 Å². The topological polar surface area (TPSA) is 63.1 Å². The largest absolute Gasteiger partial charge is 0.337 e. The van der Waals surface area contributed by atoms with Gasteiger partial charge in [0.1, 0.15) is 0 Å². The molecule has 2 heterocycles. The van der Waals surface area contributed by atoms with Crippen molar-refractivity contribution in [3.05, 3.63) is 36.9 Å². The zero-order valence-electron chi connectivity index (χ0n) is 11.2. The molecule has 6 nitrogen and oxygen atoms in total. The van der Waals surface area contributed by atoms with E-state index in [0.29, 0.717) is 18.8 Å². The molecule has 0 aliphatic carbocycles. The Morgan fingerprint density at radius 2 is 2.35 bits per heavy atom. The highest BCUT2D eigenvalue weighted by Crippen LogP contribution is 2.15. The van der Waals surface area contributed by atoms with Crippen molar-refractivity contribution in [3.63, 3.8) is 0 Å². The summed E-state index contributed by atoms with van der Waals surface area (Å²) in [6, 6.07) is 3.60. The van der Waals surface area contributed by atoms with Crippen LogP contribution in [0, 0.1) is 0 Å². The summed E-state index contributed by atoms with van der Waals surface area (Å²) in [7, 11) is 0. The molecule has 0 aromatic carbocycles. The van der Waals surface area contributed by atoms with Crippen LogP contribution >= 0.6 is 12.6 Å². The van der Waals surface area contributed by atoms with Crippen LogP contribution in [0.25, 0.3) is 5.69 Å². The van der Waals surface area contributed by atoms with Crippen molar-refractivity contribution in [2.75, 3.05) is 23.7 Å². The normalized spacial score (nSPS) is 10.3. The lowest BCUT2D eigenvalue weighted by Crippen LogP contribution is -2.40. The summed E-state index contributed by atoms with van der Waals surface area (Å²) in [4.78, 5) is 17.7. The van der Waals surface area contributed by atoms with Crippen LogP contribution in [0.15, 0.2) is 36.9 Å². The molecule has 0 fully saturated rings. The van der Waals surface area contributed by atoms with Gasteiger partial charge in [-0.15, -0.1) is 0 Å².